The Hall–Kier alpha value is -6.67. The molecule has 0 aliphatic carbocycles. The molecule has 4 saturated heterocycles. The van der Waals surface area contributed by atoms with Crippen molar-refractivity contribution in [1.29, 1.82) is 0 Å². The number of unbranched alkanes of at least 4 members (excludes halogenated alkanes) is 2. The predicted octanol–water partition coefficient (Wildman–Crippen LogP) is 6.61. The molecular weight excluding hydrogens is 1070 g/mol. The van der Waals surface area contributed by atoms with Crippen molar-refractivity contribution in [2.45, 2.75) is 204 Å². The van der Waals surface area contributed by atoms with Crippen LogP contribution in [0.25, 0.3) is 0 Å². The summed E-state index contributed by atoms with van der Waals surface area (Å²) in [5, 5.41) is 51.6. The fraction of sp³-hybridized carbons (Fsp3) is 0.591. The van der Waals surface area contributed by atoms with Crippen molar-refractivity contribution in [1.82, 2.24) is 61.1 Å². The lowest BCUT2D eigenvalue weighted by atomic mass is 9.88. The Labute approximate surface area is 501 Å². The number of carbonyl (C=O) groups is 5. The zero-order valence-electron chi connectivity index (χ0n) is 50.4. The average Bonchev–Trinajstić information content (AvgIpc) is 4.30. The highest BCUT2D eigenvalue weighted by atomic mass is 16.3. The summed E-state index contributed by atoms with van der Waals surface area (Å²) in [6.07, 6.45) is 17.5. The number of fused-ring (bicyclic) bond motifs is 2. The molecule has 0 radical (unpaired) electrons. The molecule has 19 nitrogen and oxygen atoms in total. The van der Waals surface area contributed by atoms with Crippen LogP contribution in [-0.4, -0.2) is 149 Å². The van der Waals surface area contributed by atoms with Crippen molar-refractivity contribution >= 4 is 29.4 Å². The van der Waals surface area contributed by atoms with Gasteiger partial charge in [-0.1, -0.05) is 116 Å². The van der Waals surface area contributed by atoms with E-state index in [-0.39, 0.29) is 97.0 Å². The van der Waals surface area contributed by atoms with Crippen LogP contribution in [-0.2, 0) is 49.9 Å². The van der Waals surface area contributed by atoms with Crippen molar-refractivity contribution in [2.24, 2.45) is 17.8 Å². The number of aromatic nitrogens is 6. The number of hydrogen-bond acceptors (Lipinski definition) is 13. The normalized spacial score (nSPS) is 23.6. The Morgan fingerprint density at radius 3 is 1.80 bits per heavy atom. The first-order valence-electron chi connectivity index (χ1n) is 31.8. The first kappa shape index (κ1) is 62.8. The zero-order chi connectivity index (χ0) is 59.8. The number of aryl methyl sites for hydroxylation is 4. The van der Waals surface area contributed by atoms with Gasteiger partial charge in [0.1, 0.15) is 11.7 Å². The van der Waals surface area contributed by atoms with Crippen LogP contribution in [0.5, 0.6) is 0 Å². The van der Waals surface area contributed by atoms with Crippen LogP contribution in [0.3, 0.4) is 0 Å². The first-order valence-corrected chi connectivity index (χ1v) is 31.8. The second kappa shape index (κ2) is 30.6. The van der Waals surface area contributed by atoms with E-state index in [1.54, 1.807) is 11.9 Å². The number of nitrogens with zero attached hydrogens (tertiary/aromatic N) is 8. The molecule has 2 aromatic heterocycles. The van der Waals surface area contributed by atoms with Gasteiger partial charge in [-0.2, -0.15) is 0 Å². The number of likely N-dealkylation sites (N-methyl/N-ethyl adjacent to an activating group) is 1. The molecule has 458 valence electrons. The number of carbonyl (C=O) groups excluding carboxylic acids is 5. The standard InChI is InChI=1S/C66H92N12O7/c1-5-46(6-2)63(82)70-62-50(43-80)29-31-52-33-34-58(78(52)66(62)85)60(81)38-53(47-20-10-8-11-21-47)56-39-75(73-71-56)36-16-14-18-44-24-26-45(27-25-44)19-15-17-37-76-40-57(72-74-76)61(48-22-12-9-13-23-48)69-65(84)59-35-32-51-30-28-49(42-79)55(41-77(51)59)68-64(83)54(7-3)67-4/h8-13,20-27,39-40,46,49-55,58-59,61-62,67,79-80H,5-7,14-19,28-38,41-43H2,1-4H3,(H,68,83)(H,69,84)(H,70,82)/t49-,50-,51+,52+,53+,54+,55-,58+,59+,61+,62+/m1/s1. The lowest BCUT2D eigenvalue weighted by Crippen LogP contribution is -2.56. The van der Waals surface area contributed by atoms with Gasteiger partial charge >= 0.3 is 0 Å². The average molecular weight is 1170 g/mol. The maximum Gasteiger partial charge on any atom is 0.246 e. The number of aliphatic hydroxyl groups excluding tert-OH is 2. The van der Waals surface area contributed by atoms with Crippen LogP contribution in [0.1, 0.15) is 169 Å². The number of rotatable bonds is 29. The molecule has 6 N–H and O–H groups in total. The predicted molar refractivity (Wildman–Crippen MR) is 325 cm³/mol. The third-order valence-corrected chi connectivity index (χ3v) is 19.1. The Morgan fingerprint density at radius 2 is 1.19 bits per heavy atom. The van der Waals surface area contributed by atoms with E-state index in [2.05, 4.69) is 71.1 Å². The maximum absolute atomic E-state index is 14.5. The quantitative estimate of drug-likeness (QED) is 0.0277. The van der Waals surface area contributed by atoms with E-state index in [9.17, 15) is 34.2 Å². The van der Waals surface area contributed by atoms with Gasteiger partial charge in [0.2, 0.25) is 23.6 Å². The molecule has 9 rings (SSSR count). The highest BCUT2D eigenvalue weighted by Crippen LogP contribution is 2.38. The van der Waals surface area contributed by atoms with Crippen LogP contribution < -0.4 is 21.3 Å². The number of ketones is 1. The van der Waals surface area contributed by atoms with Gasteiger partial charge in [-0.25, -0.2) is 0 Å². The Kier molecular flexibility index (Phi) is 22.6. The van der Waals surface area contributed by atoms with Crippen molar-refractivity contribution in [3.8, 4) is 0 Å². The van der Waals surface area contributed by atoms with E-state index < -0.39 is 24.0 Å². The van der Waals surface area contributed by atoms with Gasteiger partial charge in [-0.05, 0) is 138 Å². The Morgan fingerprint density at radius 1 is 0.624 bits per heavy atom. The maximum atomic E-state index is 14.5. The number of Topliss-reactive ketones (excluding diaryl/α,β-unsaturated/α-hetero) is 1. The third kappa shape index (κ3) is 15.7. The lowest BCUT2D eigenvalue weighted by molar-refractivity contribution is -0.143. The van der Waals surface area contributed by atoms with Crippen molar-refractivity contribution in [2.75, 3.05) is 26.8 Å². The van der Waals surface area contributed by atoms with Gasteiger partial charge in [-0.15, -0.1) is 10.2 Å². The molecule has 4 aliphatic heterocycles. The number of nitrogens with one attached hydrogen (secondary N) is 4. The summed E-state index contributed by atoms with van der Waals surface area (Å²) in [4.78, 5) is 73.7. The summed E-state index contributed by atoms with van der Waals surface area (Å²) >= 11 is 0. The summed E-state index contributed by atoms with van der Waals surface area (Å²) in [5.41, 5.74) is 5.83. The van der Waals surface area contributed by atoms with E-state index in [0.29, 0.717) is 76.0 Å². The molecule has 0 spiro atoms. The van der Waals surface area contributed by atoms with E-state index in [0.717, 1.165) is 75.3 Å². The van der Waals surface area contributed by atoms with Gasteiger partial charge in [-0.3, -0.25) is 38.2 Å². The van der Waals surface area contributed by atoms with Crippen LogP contribution in [0.4, 0.5) is 0 Å². The number of benzene rings is 3. The molecule has 11 atom stereocenters. The molecule has 5 aromatic rings. The third-order valence-electron chi connectivity index (χ3n) is 19.1. The van der Waals surface area contributed by atoms with Crippen molar-refractivity contribution in [3.63, 3.8) is 0 Å². The number of hydrogen-bond donors (Lipinski definition) is 6. The van der Waals surface area contributed by atoms with E-state index in [4.69, 9.17) is 0 Å². The molecule has 0 unspecified atom stereocenters. The molecule has 0 bridgehead atoms. The summed E-state index contributed by atoms with van der Waals surface area (Å²) in [7, 11) is 1.78. The molecule has 4 fully saturated rings. The number of aliphatic hydroxyl groups is 2. The summed E-state index contributed by atoms with van der Waals surface area (Å²) in [6.45, 7) is 7.55. The van der Waals surface area contributed by atoms with Crippen LogP contribution in [0.2, 0.25) is 0 Å². The second-order valence-corrected chi connectivity index (χ2v) is 24.4. The zero-order valence-corrected chi connectivity index (χ0v) is 50.4. The topological polar surface area (TPSA) is 242 Å². The van der Waals surface area contributed by atoms with Gasteiger partial charge in [0.25, 0.3) is 0 Å². The minimum absolute atomic E-state index is 0.0167. The fourth-order valence-electron chi connectivity index (χ4n) is 13.9. The van der Waals surface area contributed by atoms with E-state index in [1.165, 1.54) is 11.1 Å². The number of amides is 4. The molecule has 4 aliphatic rings. The first-order chi connectivity index (χ1) is 41.4. The minimum atomic E-state index is -0.866. The highest BCUT2D eigenvalue weighted by Gasteiger charge is 2.48. The molecule has 4 amide bonds. The monoisotopic (exact) mass is 1160 g/mol. The van der Waals surface area contributed by atoms with Gasteiger partial charge in [0.05, 0.1) is 36.1 Å². The van der Waals surface area contributed by atoms with Gasteiger partial charge in [0.15, 0.2) is 5.78 Å². The van der Waals surface area contributed by atoms with E-state index in [1.807, 2.05) is 103 Å². The van der Waals surface area contributed by atoms with Crippen LogP contribution in [0, 0.1) is 17.8 Å². The molecule has 3 aromatic carbocycles. The minimum Gasteiger partial charge on any atom is -0.396 e. The molecule has 85 heavy (non-hydrogen) atoms. The smallest absolute Gasteiger partial charge is 0.246 e. The summed E-state index contributed by atoms with van der Waals surface area (Å²) in [5.74, 6) is -1.67. The molecule has 6 heterocycles. The Bertz CT molecular complexity index is 2930. The van der Waals surface area contributed by atoms with Crippen LogP contribution >= 0.6 is 0 Å². The summed E-state index contributed by atoms with van der Waals surface area (Å²) < 4.78 is 3.74. The summed E-state index contributed by atoms with van der Waals surface area (Å²) in [6, 6.07) is 25.9. The van der Waals surface area contributed by atoms with Crippen molar-refractivity contribution in [3.05, 3.63) is 131 Å². The fourth-order valence-corrected chi connectivity index (χ4v) is 13.9. The molecule has 19 heteroatoms. The SMILES string of the molecule is CCC(CC)C(=O)N[C@@H]1C(=O)N2[C@@H](CC[C@@H]1CO)CC[C@H]2C(=O)C[C@@H](c1ccccc1)c1cn(CCCCc2ccc(CCCCn3cc([C@@H](NC(=O)[C@@H]4CC[C@@H]5CC[C@H](CO)[C@H](NC(=O)[C@H](CC)NC)CN54)c4ccccc4)nn3)cc2)nn1. The Balaban J connectivity index is 0.735. The van der Waals surface area contributed by atoms with Gasteiger partial charge < -0.3 is 36.4 Å². The van der Waals surface area contributed by atoms with E-state index >= 15 is 0 Å². The largest absolute Gasteiger partial charge is 0.396 e. The molecular formula is C66H92N12O7. The highest BCUT2D eigenvalue weighted by molar-refractivity contribution is 5.94. The molecule has 0 saturated carbocycles. The van der Waals surface area contributed by atoms with Crippen LogP contribution in [0.15, 0.2) is 97.3 Å². The second-order valence-electron chi connectivity index (χ2n) is 24.4. The lowest BCUT2D eigenvalue weighted by Gasteiger charge is -2.33. The van der Waals surface area contributed by atoms with Gasteiger partial charge in [0, 0.05) is 87.3 Å². The van der Waals surface area contributed by atoms with Crippen molar-refractivity contribution < 1.29 is 34.2 Å².